The minimum atomic E-state index is -0.574. The maximum Gasteiger partial charge on any atom is 0.311 e. The Balaban J connectivity index is 1.44. The maximum atomic E-state index is 12.6. The summed E-state index contributed by atoms with van der Waals surface area (Å²) in [5.74, 6) is 0.197. The summed E-state index contributed by atoms with van der Waals surface area (Å²) in [4.78, 5) is 27.8. The van der Waals surface area contributed by atoms with Crippen molar-refractivity contribution in [1.29, 1.82) is 0 Å². The van der Waals surface area contributed by atoms with Crippen LogP contribution >= 0.6 is 0 Å². The Kier molecular flexibility index (Phi) is 5.98. The van der Waals surface area contributed by atoms with E-state index in [0.717, 1.165) is 11.3 Å². The molecule has 0 fully saturated rings. The van der Waals surface area contributed by atoms with E-state index in [-0.39, 0.29) is 30.2 Å². The molecule has 0 unspecified atom stereocenters. The Morgan fingerprint density at radius 3 is 2.78 bits per heavy atom. The number of amides is 1. The van der Waals surface area contributed by atoms with Crippen LogP contribution in [-0.2, 0) is 6.61 Å². The Morgan fingerprint density at radius 2 is 2.00 bits per heavy atom. The quantitative estimate of drug-likeness (QED) is 0.325. The van der Waals surface area contributed by atoms with E-state index in [2.05, 4.69) is 10.3 Å². The fourth-order valence-electron chi connectivity index (χ4n) is 3.16. The van der Waals surface area contributed by atoms with Crippen molar-refractivity contribution in [1.82, 2.24) is 9.38 Å². The zero-order valence-corrected chi connectivity index (χ0v) is 17.2. The number of carbonyl (C=O) groups excluding carboxylic acids is 1. The average molecular weight is 432 g/mol. The van der Waals surface area contributed by atoms with Gasteiger partial charge in [0, 0.05) is 35.8 Å². The molecule has 9 heteroatoms. The van der Waals surface area contributed by atoms with E-state index in [9.17, 15) is 14.9 Å². The molecular formula is C23H20N4O5. The van der Waals surface area contributed by atoms with Crippen molar-refractivity contribution in [3.05, 3.63) is 94.4 Å². The summed E-state index contributed by atoms with van der Waals surface area (Å²) >= 11 is 0. The van der Waals surface area contributed by atoms with Crippen molar-refractivity contribution in [2.45, 2.75) is 13.5 Å². The Morgan fingerprint density at radius 1 is 1.12 bits per heavy atom. The number of pyridine rings is 1. The van der Waals surface area contributed by atoms with Gasteiger partial charge in [-0.15, -0.1) is 0 Å². The molecule has 2 aromatic heterocycles. The van der Waals surface area contributed by atoms with Gasteiger partial charge in [0.2, 0.25) is 0 Å². The van der Waals surface area contributed by atoms with Gasteiger partial charge in [-0.2, -0.15) is 0 Å². The topological polar surface area (TPSA) is 108 Å². The molecule has 32 heavy (non-hydrogen) atoms. The molecule has 9 nitrogen and oxygen atoms in total. The molecule has 0 aliphatic rings. The van der Waals surface area contributed by atoms with Gasteiger partial charge >= 0.3 is 5.69 Å². The number of nitro groups is 1. The van der Waals surface area contributed by atoms with Gasteiger partial charge in [-0.25, -0.2) is 4.98 Å². The number of aromatic nitrogens is 2. The lowest BCUT2D eigenvalue weighted by Crippen LogP contribution is -2.12. The van der Waals surface area contributed by atoms with Crippen molar-refractivity contribution in [3.8, 4) is 11.5 Å². The van der Waals surface area contributed by atoms with Gasteiger partial charge in [0.05, 0.1) is 17.2 Å². The normalized spacial score (nSPS) is 10.7. The monoisotopic (exact) mass is 432 g/mol. The summed E-state index contributed by atoms with van der Waals surface area (Å²) in [6.07, 6.45) is 3.80. The molecule has 0 aliphatic carbocycles. The summed E-state index contributed by atoms with van der Waals surface area (Å²) < 4.78 is 13.0. The number of rotatable bonds is 8. The largest absolute Gasteiger partial charge is 0.487 e. The highest BCUT2D eigenvalue weighted by atomic mass is 16.6. The molecular weight excluding hydrogens is 412 g/mol. The number of carbonyl (C=O) groups is 1. The lowest BCUT2D eigenvalue weighted by molar-refractivity contribution is -0.385. The fourth-order valence-corrected chi connectivity index (χ4v) is 3.16. The van der Waals surface area contributed by atoms with Crippen LogP contribution in [0.3, 0.4) is 0 Å². The molecule has 0 bridgehead atoms. The highest BCUT2D eigenvalue weighted by molar-refractivity contribution is 6.04. The molecule has 4 rings (SSSR count). The molecule has 0 atom stereocenters. The number of imidazole rings is 1. The third-order valence-electron chi connectivity index (χ3n) is 4.61. The minimum absolute atomic E-state index is 0.122. The van der Waals surface area contributed by atoms with Gasteiger partial charge in [-0.1, -0.05) is 12.1 Å². The van der Waals surface area contributed by atoms with E-state index in [4.69, 9.17) is 9.47 Å². The number of hydrogen-bond acceptors (Lipinski definition) is 6. The molecule has 0 radical (unpaired) electrons. The first kappa shape index (κ1) is 20.9. The molecule has 0 aliphatic heterocycles. The van der Waals surface area contributed by atoms with E-state index in [0.29, 0.717) is 11.4 Å². The Bertz CT molecular complexity index is 1250. The fraction of sp³-hybridized carbons (Fsp3) is 0.130. The Hall–Kier alpha value is -4.40. The number of ether oxygens (including phenoxy) is 2. The molecule has 162 valence electrons. The summed E-state index contributed by atoms with van der Waals surface area (Å²) in [6.45, 7) is 2.28. The zero-order valence-electron chi connectivity index (χ0n) is 17.2. The van der Waals surface area contributed by atoms with Crippen LogP contribution in [0.15, 0.2) is 73.1 Å². The first-order valence-corrected chi connectivity index (χ1v) is 9.91. The van der Waals surface area contributed by atoms with Crippen molar-refractivity contribution >= 4 is 22.9 Å². The van der Waals surface area contributed by atoms with Gasteiger partial charge in [0.1, 0.15) is 18.0 Å². The third-order valence-corrected chi connectivity index (χ3v) is 4.61. The molecule has 4 aromatic rings. The van der Waals surface area contributed by atoms with Crippen molar-refractivity contribution in [2.75, 3.05) is 11.9 Å². The van der Waals surface area contributed by atoms with E-state index in [1.54, 1.807) is 31.2 Å². The second-order valence-electron chi connectivity index (χ2n) is 6.84. The van der Waals surface area contributed by atoms with Crippen LogP contribution in [-0.4, -0.2) is 26.8 Å². The van der Waals surface area contributed by atoms with E-state index >= 15 is 0 Å². The smallest absolute Gasteiger partial charge is 0.311 e. The standard InChI is InChI=1S/C23H20N4O5/c1-2-31-21-10-9-16(12-20(21)27(29)30)23(28)25-17-6-5-7-19(13-17)32-15-18-14-26-11-4-3-8-22(26)24-18/h3-14H,2,15H2,1H3,(H,25,28). The van der Waals surface area contributed by atoms with Crippen molar-refractivity contribution in [3.63, 3.8) is 0 Å². The molecule has 0 saturated carbocycles. The number of hydrogen-bond donors (Lipinski definition) is 1. The van der Waals surface area contributed by atoms with Crippen LogP contribution in [0.25, 0.3) is 5.65 Å². The van der Waals surface area contributed by atoms with E-state index in [1.165, 1.54) is 18.2 Å². The van der Waals surface area contributed by atoms with Crippen LogP contribution in [0.4, 0.5) is 11.4 Å². The van der Waals surface area contributed by atoms with E-state index in [1.807, 2.05) is 35.0 Å². The SMILES string of the molecule is CCOc1ccc(C(=O)Nc2cccc(OCc3cn4ccccc4n3)c2)cc1[N+](=O)[O-]. The predicted octanol–water partition coefficient (Wildman–Crippen LogP) is 4.47. The molecule has 2 aromatic carbocycles. The van der Waals surface area contributed by atoms with Crippen molar-refractivity contribution < 1.29 is 19.2 Å². The van der Waals surface area contributed by atoms with Crippen molar-refractivity contribution in [2.24, 2.45) is 0 Å². The van der Waals surface area contributed by atoms with Crippen LogP contribution in [0, 0.1) is 10.1 Å². The number of fused-ring (bicyclic) bond motifs is 1. The van der Waals surface area contributed by atoms with Crippen LogP contribution in [0.2, 0.25) is 0 Å². The van der Waals surface area contributed by atoms with Gasteiger partial charge in [0.15, 0.2) is 5.75 Å². The summed E-state index contributed by atoms with van der Waals surface area (Å²) in [6, 6.07) is 16.7. The number of nitrogens with one attached hydrogen (secondary N) is 1. The first-order valence-electron chi connectivity index (χ1n) is 9.91. The second-order valence-corrected chi connectivity index (χ2v) is 6.84. The number of anilines is 1. The Labute approximate surface area is 183 Å². The van der Waals surface area contributed by atoms with E-state index < -0.39 is 10.8 Å². The number of nitrogens with zero attached hydrogens (tertiary/aromatic N) is 3. The number of benzene rings is 2. The van der Waals surface area contributed by atoms with Crippen LogP contribution in [0.1, 0.15) is 23.0 Å². The molecule has 1 amide bonds. The second kappa shape index (κ2) is 9.17. The van der Waals surface area contributed by atoms with Gasteiger partial charge in [0.25, 0.3) is 5.91 Å². The summed E-state index contributed by atoms with van der Waals surface area (Å²) in [5, 5.41) is 14.0. The first-order chi connectivity index (χ1) is 15.5. The third kappa shape index (κ3) is 4.67. The average Bonchev–Trinajstić information content (AvgIpc) is 3.21. The lowest BCUT2D eigenvalue weighted by Gasteiger charge is -2.09. The molecule has 1 N–H and O–H groups in total. The lowest BCUT2D eigenvalue weighted by atomic mass is 10.1. The maximum absolute atomic E-state index is 12.6. The van der Waals surface area contributed by atoms with Gasteiger partial charge < -0.3 is 19.2 Å². The highest BCUT2D eigenvalue weighted by Gasteiger charge is 2.19. The van der Waals surface area contributed by atoms with Crippen LogP contribution < -0.4 is 14.8 Å². The summed E-state index contributed by atoms with van der Waals surface area (Å²) in [7, 11) is 0. The minimum Gasteiger partial charge on any atom is -0.487 e. The van der Waals surface area contributed by atoms with Gasteiger partial charge in [-0.05, 0) is 43.3 Å². The highest BCUT2D eigenvalue weighted by Crippen LogP contribution is 2.28. The predicted molar refractivity (Wildman–Crippen MR) is 118 cm³/mol. The molecule has 0 spiro atoms. The summed E-state index contributed by atoms with van der Waals surface area (Å²) in [5.41, 5.74) is 1.99. The van der Waals surface area contributed by atoms with Crippen LogP contribution in [0.5, 0.6) is 11.5 Å². The van der Waals surface area contributed by atoms with Gasteiger partial charge in [-0.3, -0.25) is 14.9 Å². The zero-order chi connectivity index (χ0) is 22.5. The molecule has 0 saturated heterocycles. The number of nitro benzene ring substituents is 1. The molecule has 2 heterocycles.